The van der Waals surface area contributed by atoms with E-state index in [-0.39, 0.29) is 5.91 Å². The number of amides is 1. The van der Waals surface area contributed by atoms with Crippen LogP contribution >= 0.6 is 11.3 Å². The SMILES string of the molecule is CCOc1ccc(/C=C/C(=O)N2CCN(Cc3nc4ccccc4s3)CC2)cc1. The highest BCUT2D eigenvalue weighted by atomic mass is 32.1. The third-order valence-electron chi connectivity index (χ3n) is 4.99. The Morgan fingerprint density at radius 2 is 1.86 bits per heavy atom. The average Bonchev–Trinajstić information content (AvgIpc) is 3.16. The summed E-state index contributed by atoms with van der Waals surface area (Å²) in [4.78, 5) is 21.5. The van der Waals surface area contributed by atoms with Crippen LogP contribution in [0, 0.1) is 0 Å². The molecule has 1 fully saturated rings. The van der Waals surface area contributed by atoms with Crippen LogP contribution in [-0.4, -0.2) is 53.5 Å². The van der Waals surface area contributed by atoms with Crippen LogP contribution in [0.15, 0.2) is 54.6 Å². The molecular formula is C23H25N3O2S. The molecule has 0 bridgehead atoms. The van der Waals surface area contributed by atoms with E-state index >= 15 is 0 Å². The van der Waals surface area contributed by atoms with Crippen LogP contribution in [0.25, 0.3) is 16.3 Å². The molecule has 0 spiro atoms. The normalized spacial score (nSPS) is 15.3. The van der Waals surface area contributed by atoms with E-state index in [1.807, 2.05) is 48.2 Å². The summed E-state index contributed by atoms with van der Waals surface area (Å²) in [5.41, 5.74) is 2.07. The average molecular weight is 408 g/mol. The van der Waals surface area contributed by atoms with E-state index < -0.39 is 0 Å². The van der Waals surface area contributed by atoms with E-state index in [1.54, 1.807) is 17.4 Å². The lowest BCUT2D eigenvalue weighted by Gasteiger charge is -2.33. The van der Waals surface area contributed by atoms with E-state index in [2.05, 4.69) is 23.1 Å². The van der Waals surface area contributed by atoms with Crippen LogP contribution in [0.4, 0.5) is 0 Å². The monoisotopic (exact) mass is 407 g/mol. The third-order valence-corrected chi connectivity index (χ3v) is 6.01. The molecule has 0 unspecified atom stereocenters. The highest BCUT2D eigenvalue weighted by Gasteiger charge is 2.20. The standard InChI is InChI=1S/C23H25N3O2S/c1-2-28-19-10-7-18(8-11-19)9-12-23(27)26-15-13-25(14-16-26)17-22-24-20-5-3-4-6-21(20)29-22/h3-12H,2,13-17H2,1H3/b12-9+. The molecule has 5 nitrogen and oxygen atoms in total. The Bertz CT molecular complexity index is 956. The molecule has 0 radical (unpaired) electrons. The van der Waals surface area contributed by atoms with E-state index in [1.165, 1.54) is 4.70 Å². The Morgan fingerprint density at radius 3 is 2.59 bits per heavy atom. The van der Waals surface area contributed by atoms with Crippen molar-refractivity contribution in [3.05, 3.63) is 65.2 Å². The fraction of sp³-hybridized carbons (Fsp3) is 0.304. The second kappa shape index (κ2) is 9.20. The number of rotatable bonds is 6. The van der Waals surface area contributed by atoms with Crippen molar-refractivity contribution in [2.45, 2.75) is 13.5 Å². The second-order valence-electron chi connectivity index (χ2n) is 7.01. The maximum absolute atomic E-state index is 12.5. The van der Waals surface area contributed by atoms with Gasteiger partial charge in [0.05, 0.1) is 23.4 Å². The van der Waals surface area contributed by atoms with Crippen LogP contribution < -0.4 is 4.74 Å². The molecule has 1 amide bonds. The van der Waals surface area contributed by atoms with Gasteiger partial charge >= 0.3 is 0 Å². The van der Waals surface area contributed by atoms with Crippen molar-refractivity contribution in [1.29, 1.82) is 0 Å². The largest absolute Gasteiger partial charge is 0.494 e. The molecule has 6 heteroatoms. The number of carbonyl (C=O) groups is 1. The number of benzene rings is 2. The molecule has 0 saturated carbocycles. The zero-order valence-electron chi connectivity index (χ0n) is 16.6. The molecule has 1 saturated heterocycles. The number of hydrogen-bond donors (Lipinski definition) is 0. The van der Waals surface area contributed by atoms with Crippen LogP contribution in [-0.2, 0) is 11.3 Å². The summed E-state index contributed by atoms with van der Waals surface area (Å²) >= 11 is 1.75. The lowest BCUT2D eigenvalue weighted by Crippen LogP contribution is -2.47. The minimum Gasteiger partial charge on any atom is -0.494 e. The molecule has 4 rings (SSSR count). The molecule has 2 heterocycles. The molecule has 0 N–H and O–H groups in total. The van der Waals surface area contributed by atoms with Crippen molar-refractivity contribution >= 4 is 33.5 Å². The Morgan fingerprint density at radius 1 is 1.10 bits per heavy atom. The summed E-state index contributed by atoms with van der Waals surface area (Å²) in [5.74, 6) is 0.916. The molecule has 1 aliphatic rings. The zero-order valence-corrected chi connectivity index (χ0v) is 17.4. The number of carbonyl (C=O) groups excluding carboxylic acids is 1. The quantitative estimate of drug-likeness (QED) is 0.578. The molecule has 3 aromatic rings. The molecule has 1 aliphatic heterocycles. The first-order chi connectivity index (χ1) is 14.2. The summed E-state index contributed by atoms with van der Waals surface area (Å²) in [6, 6.07) is 16.0. The van der Waals surface area contributed by atoms with Crippen LogP contribution in [0.2, 0.25) is 0 Å². The van der Waals surface area contributed by atoms with Gasteiger partial charge in [0.2, 0.25) is 5.91 Å². The van der Waals surface area contributed by atoms with Crippen molar-refractivity contribution in [2.24, 2.45) is 0 Å². The van der Waals surface area contributed by atoms with Gasteiger partial charge in [-0.1, -0.05) is 24.3 Å². The molecule has 29 heavy (non-hydrogen) atoms. The van der Waals surface area contributed by atoms with Gasteiger partial charge in [-0.3, -0.25) is 9.69 Å². The third kappa shape index (κ3) is 5.02. The molecule has 2 aromatic carbocycles. The number of piperazine rings is 1. The zero-order chi connectivity index (χ0) is 20.1. The highest BCUT2D eigenvalue weighted by molar-refractivity contribution is 7.18. The van der Waals surface area contributed by atoms with Crippen LogP contribution in [0.3, 0.4) is 0 Å². The summed E-state index contributed by atoms with van der Waals surface area (Å²) in [5, 5.41) is 1.14. The Hall–Kier alpha value is -2.70. The van der Waals surface area contributed by atoms with E-state index in [0.29, 0.717) is 6.61 Å². The van der Waals surface area contributed by atoms with Crippen LogP contribution in [0.1, 0.15) is 17.5 Å². The number of thiazole rings is 1. The number of ether oxygens (including phenoxy) is 1. The van der Waals surface area contributed by atoms with Crippen molar-refractivity contribution < 1.29 is 9.53 Å². The molecule has 1 aromatic heterocycles. The Kier molecular flexibility index (Phi) is 6.22. The highest BCUT2D eigenvalue weighted by Crippen LogP contribution is 2.23. The number of hydrogen-bond acceptors (Lipinski definition) is 5. The number of para-hydroxylation sites is 1. The number of fused-ring (bicyclic) bond motifs is 1. The van der Waals surface area contributed by atoms with Gasteiger partial charge in [0, 0.05) is 32.3 Å². The van der Waals surface area contributed by atoms with E-state index in [9.17, 15) is 4.79 Å². The fourth-order valence-electron chi connectivity index (χ4n) is 3.42. The van der Waals surface area contributed by atoms with Crippen molar-refractivity contribution in [3.8, 4) is 5.75 Å². The topological polar surface area (TPSA) is 45.7 Å². The summed E-state index contributed by atoms with van der Waals surface area (Å²) in [6.45, 7) is 6.71. The minimum atomic E-state index is 0.0681. The molecule has 150 valence electrons. The first kappa shape index (κ1) is 19.6. The van der Waals surface area contributed by atoms with Gasteiger partial charge in [0.1, 0.15) is 10.8 Å². The smallest absolute Gasteiger partial charge is 0.246 e. The first-order valence-corrected chi connectivity index (χ1v) is 10.8. The number of nitrogens with zero attached hydrogens (tertiary/aromatic N) is 3. The molecule has 0 aliphatic carbocycles. The second-order valence-corrected chi connectivity index (χ2v) is 8.13. The first-order valence-electron chi connectivity index (χ1n) is 9.98. The van der Waals surface area contributed by atoms with Crippen molar-refractivity contribution in [2.75, 3.05) is 32.8 Å². The van der Waals surface area contributed by atoms with Gasteiger partial charge in [0.25, 0.3) is 0 Å². The summed E-state index contributed by atoms with van der Waals surface area (Å²) in [6.07, 6.45) is 3.53. The van der Waals surface area contributed by atoms with E-state index in [4.69, 9.17) is 9.72 Å². The maximum atomic E-state index is 12.5. The van der Waals surface area contributed by atoms with E-state index in [0.717, 1.165) is 54.6 Å². The Labute approximate surface area is 175 Å². The minimum absolute atomic E-state index is 0.0681. The van der Waals surface area contributed by atoms with Crippen LogP contribution in [0.5, 0.6) is 5.75 Å². The summed E-state index contributed by atoms with van der Waals surface area (Å²) in [7, 11) is 0. The van der Waals surface area contributed by atoms with Gasteiger partial charge < -0.3 is 9.64 Å². The van der Waals surface area contributed by atoms with Gasteiger partial charge in [0.15, 0.2) is 0 Å². The van der Waals surface area contributed by atoms with Gasteiger partial charge in [-0.25, -0.2) is 4.98 Å². The van der Waals surface area contributed by atoms with Crippen molar-refractivity contribution in [3.63, 3.8) is 0 Å². The molecule has 0 atom stereocenters. The Balaban J connectivity index is 1.27. The summed E-state index contributed by atoms with van der Waals surface area (Å²) < 4.78 is 6.68. The van der Waals surface area contributed by atoms with Gasteiger partial charge in [-0.2, -0.15) is 0 Å². The van der Waals surface area contributed by atoms with Crippen molar-refractivity contribution in [1.82, 2.24) is 14.8 Å². The predicted octanol–water partition coefficient (Wildman–Crippen LogP) is 4.05. The molecular weight excluding hydrogens is 382 g/mol. The maximum Gasteiger partial charge on any atom is 0.246 e. The van der Waals surface area contributed by atoms with Gasteiger partial charge in [-0.05, 0) is 42.8 Å². The number of aromatic nitrogens is 1. The lowest BCUT2D eigenvalue weighted by molar-refractivity contribution is -0.127. The lowest BCUT2D eigenvalue weighted by atomic mass is 10.2. The fourth-order valence-corrected chi connectivity index (χ4v) is 4.43. The van der Waals surface area contributed by atoms with Gasteiger partial charge in [-0.15, -0.1) is 11.3 Å². The predicted molar refractivity (Wildman–Crippen MR) is 118 cm³/mol.